The minimum absolute atomic E-state index is 0.265. The van der Waals surface area contributed by atoms with Crippen molar-refractivity contribution in [1.29, 1.82) is 0 Å². The van der Waals surface area contributed by atoms with E-state index in [-0.39, 0.29) is 18.3 Å². The minimum Gasteiger partial charge on any atom is -0.310 e. The van der Waals surface area contributed by atoms with Crippen LogP contribution in [0.15, 0.2) is 42.5 Å². The van der Waals surface area contributed by atoms with E-state index in [1.807, 2.05) is 6.92 Å². The molecule has 0 radical (unpaired) electrons. The predicted octanol–water partition coefficient (Wildman–Crippen LogP) is 4.00. The first-order valence-electron chi connectivity index (χ1n) is 6.53. The van der Waals surface area contributed by atoms with Crippen LogP contribution >= 0.6 is 0 Å². The lowest BCUT2D eigenvalue weighted by molar-refractivity contribution is 0.495. The monoisotopic (exact) mass is 279 g/mol. The average molecular weight is 279 g/mol. The quantitative estimate of drug-likeness (QED) is 0.872. The van der Waals surface area contributed by atoms with Crippen LogP contribution in [0.2, 0.25) is 0 Å². The van der Waals surface area contributed by atoms with Gasteiger partial charge in [-0.25, -0.2) is 13.2 Å². The molecule has 1 unspecified atom stereocenters. The van der Waals surface area contributed by atoms with Crippen molar-refractivity contribution in [1.82, 2.24) is 5.32 Å². The van der Waals surface area contributed by atoms with Crippen LogP contribution in [0.5, 0.6) is 0 Å². The second-order valence-electron chi connectivity index (χ2n) is 4.57. The van der Waals surface area contributed by atoms with Crippen molar-refractivity contribution in [3.8, 4) is 0 Å². The molecule has 0 aliphatic rings. The Hall–Kier alpha value is -1.81. The fourth-order valence-electron chi connectivity index (χ4n) is 2.20. The Kier molecular flexibility index (Phi) is 4.79. The maximum absolute atomic E-state index is 13.8. The summed E-state index contributed by atoms with van der Waals surface area (Å²) in [5.74, 6) is -1.55. The molecule has 0 aliphatic heterocycles. The van der Waals surface area contributed by atoms with Gasteiger partial charge in [0.1, 0.15) is 17.5 Å². The molecule has 106 valence electrons. The Morgan fingerprint density at radius 3 is 2.40 bits per heavy atom. The van der Waals surface area contributed by atoms with Gasteiger partial charge in [0.2, 0.25) is 0 Å². The van der Waals surface area contributed by atoms with Crippen LogP contribution in [0.3, 0.4) is 0 Å². The van der Waals surface area contributed by atoms with Gasteiger partial charge in [0, 0.05) is 17.7 Å². The van der Waals surface area contributed by atoms with E-state index in [0.717, 1.165) is 6.07 Å². The lowest BCUT2D eigenvalue weighted by Crippen LogP contribution is -2.24. The van der Waals surface area contributed by atoms with Crippen molar-refractivity contribution in [3.05, 3.63) is 71.0 Å². The zero-order valence-electron chi connectivity index (χ0n) is 11.2. The Bertz CT molecular complexity index is 584. The highest BCUT2D eigenvalue weighted by Gasteiger charge is 2.17. The number of benzene rings is 2. The van der Waals surface area contributed by atoms with Gasteiger partial charge in [-0.15, -0.1) is 0 Å². The Morgan fingerprint density at radius 2 is 1.75 bits per heavy atom. The second-order valence-corrected chi connectivity index (χ2v) is 4.57. The van der Waals surface area contributed by atoms with Gasteiger partial charge in [0.15, 0.2) is 0 Å². The third-order valence-corrected chi connectivity index (χ3v) is 3.17. The highest BCUT2D eigenvalue weighted by molar-refractivity contribution is 5.26. The molecule has 20 heavy (non-hydrogen) atoms. The zero-order valence-corrected chi connectivity index (χ0v) is 11.2. The first kappa shape index (κ1) is 14.6. The van der Waals surface area contributed by atoms with Crippen LogP contribution in [0.25, 0.3) is 0 Å². The van der Waals surface area contributed by atoms with Crippen LogP contribution in [-0.2, 0) is 6.42 Å². The molecule has 0 heterocycles. The second kappa shape index (κ2) is 6.57. The lowest BCUT2D eigenvalue weighted by Gasteiger charge is -2.19. The molecule has 1 N–H and O–H groups in total. The number of rotatable bonds is 5. The van der Waals surface area contributed by atoms with Crippen LogP contribution in [-0.4, -0.2) is 6.54 Å². The Labute approximate surface area is 116 Å². The summed E-state index contributed by atoms with van der Waals surface area (Å²) in [5, 5.41) is 3.13. The third kappa shape index (κ3) is 3.39. The summed E-state index contributed by atoms with van der Waals surface area (Å²) in [4.78, 5) is 0. The summed E-state index contributed by atoms with van der Waals surface area (Å²) < 4.78 is 40.4. The van der Waals surface area contributed by atoms with Crippen molar-refractivity contribution in [2.45, 2.75) is 19.4 Å². The molecule has 0 aromatic heterocycles. The van der Waals surface area contributed by atoms with Crippen LogP contribution in [0.1, 0.15) is 24.1 Å². The summed E-state index contributed by atoms with van der Waals surface area (Å²) in [6.45, 7) is 2.52. The summed E-state index contributed by atoms with van der Waals surface area (Å²) in [6, 6.07) is 9.51. The topological polar surface area (TPSA) is 12.0 Å². The van der Waals surface area contributed by atoms with Crippen molar-refractivity contribution < 1.29 is 13.2 Å². The molecule has 1 atom stereocenters. The summed E-state index contributed by atoms with van der Waals surface area (Å²) in [6.07, 6.45) is 0.265. The van der Waals surface area contributed by atoms with E-state index in [0.29, 0.717) is 17.7 Å². The summed E-state index contributed by atoms with van der Waals surface area (Å²) in [5.41, 5.74) is 0.846. The molecule has 2 aromatic carbocycles. The van der Waals surface area contributed by atoms with Gasteiger partial charge in [0.05, 0.1) is 0 Å². The number of hydrogen-bond acceptors (Lipinski definition) is 1. The minimum atomic E-state index is -0.614. The molecule has 2 rings (SSSR count). The van der Waals surface area contributed by atoms with Gasteiger partial charge >= 0.3 is 0 Å². The third-order valence-electron chi connectivity index (χ3n) is 3.17. The van der Waals surface area contributed by atoms with E-state index in [1.165, 1.54) is 18.2 Å². The van der Waals surface area contributed by atoms with E-state index in [4.69, 9.17) is 0 Å². The largest absolute Gasteiger partial charge is 0.310 e. The maximum atomic E-state index is 13.8. The normalized spacial score (nSPS) is 12.4. The van der Waals surface area contributed by atoms with E-state index < -0.39 is 11.6 Å². The molecule has 0 bridgehead atoms. The summed E-state index contributed by atoms with van der Waals surface area (Å²) in [7, 11) is 0. The standard InChI is InChI=1S/C16H16F3N/c1-2-20-16(13-5-3-4-6-14(13)18)9-11-7-8-12(17)10-15(11)19/h3-8,10,16,20H,2,9H2,1H3. The molecule has 1 nitrogen and oxygen atoms in total. The molecule has 0 spiro atoms. The van der Waals surface area contributed by atoms with Crippen LogP contribution < -0.4 is 5.32 Å². The fourth-order valence-corrected chi connectivity index (χ4v) is 2.20. The SMILES string of the molecule is CCNC(Cc1ccc(F)cc1F)c1ccccc1F. The molecule has 0 fully saturated rings. The maximum Gasteiger partial charge on any atom is 0.129 e. The first-order chi connectivity index (χ1) is 9.61. The zero-order chi connectivity index (χ0) is 14.5. The average Bonchev–Trinajstić information content (AvgIpc) is 2.42. The molecule has 0 aliphatic carbocycles. The van der Waals surface area contributed by atoms with E-state index in [2.05, 4.69) is 5.32 Å². The number of likely N-dealkylation sites (N-methyl/N-ethyl adjacent to an activating group) is 1. The van der Waals surface area contributed by atoms with Crippen molar-refractivity contribution in [2.24, 2.45) is 0 Å². The number of halogens is 3. The molecule has 2 aromatic rings. The smallest absolute Gasteiger partial charge is 0.129 e. The molecular weight excluding hydrogens is 263 g/mol. The highest BCUT2D eigenvalue weighted by atomic mass is 19.1. The Balaban J connectivity index is 2.28. The highest BCUT2D eigenvalue weighted by Crippen LogP contribution is 2.23. The Morgan fingerprint density at radius 1 is 1.00 bits per heavy atom. The van der Waals surface area contributed by atoms with Gasteiger partial charge in [-0.05, 0) is 30.7 Å². The van der Waals surface area contributed by atoms with Crippen molar-refractivity contribution >= 4 is 0 Å². The first-order valence-corrected chi connectivity index (χ1v) is 6.53. The van der Waals surface area contributed by atoms with E-state index in [1.54, 1.807) is 18.2 Å². The fraction of sp³-hybridized carbons (Fsp3) is 0.250. The van der Waals surface area contributed by atoms with E-state index >= 15 is 0 Å². The van der Waals surface area contributed by atoms with Crippen molar-refractivity contribution in [3.63, 3.8) is 0 Å². The van der Waals surface area contributed by atoms with Crippen LogP contribution in [0, 0.1) is 17.5 Å². The van der Waals surface area contributed by atoms with Gasteiger partial charge in [0.25, 0.3) is 0 Å². The van der Waals surface area contributed by atoms with Gasteiger partial charge in [-0.2, -0.15) is 0 Å². The molecule has 4 heteroatoms. The van der Waals surface area contributed by atoms with Crippen LogP contribution in [0.4, 0.5) is 13.2 Å². The molecule has 0 saturated carbocycles. The summed E-state index contributed by atoms with van der Waals surface area (Å²) >= 11 is 0. The number of nitrogens with one attached hydrogen (secondary N) is 1. The molecular formula is C16H16F3N. The molecule has 0 amide bonds. The lowest BCUT2D eigenvalue weighted by atomic mass is 9.98. The van der Waals surface area contributed by atoms with Gasteiger partial charge < -0.3 is 5.32 Å². The van der Waals surface area contributed by atoms with Gasteiger partial charge in [-0.3, -0.25) is 0 Å². The number of hydrogen-bond donors (Lipinski definition) is 1. The van der Waals surface area contributed by atoms with E-state index in [9.17, 15) is 13.2 Å². The predicted molar refractivity (Wildman–Crippen MR) is 72.9 cm³/mol. The molecule has 0 saturated heterocycles. The van der Waals surface area contributed by atoms with Gasteiger partial charge in [-0.1, -0.05) is 31.2 Å². The van der Waals surface area contributed by atoms with Crippen molar-refractivity contribution in [2.75, 3.05) is 6.54 Å².